The van der Waals surface area contributed by atoms with E-state index in [1.807, 2.05) is 36.4 Å². The minimum atomic E-state index is -0.548. The summed E-state index contributed by atoms with van der Waals surface area (Å²) in [6, 6.07) is 26.4. The number of nitriles is 1. The third-order valence-corrected chi connectivity index (χ3v) is 6.06. The highest BCUT2D eigenvalue weighted by Gasteiger charge is 2.14. The van der Waals surface area contributed by atoms with Gasteiger partial charge in [0.05, 0.1) is 0 Å². The van der Waals surface area contributed by atoms with Crippen molar-refractivity contribution in [1.82, 2.24) is 0 Å². The van der Waals surface area contributed by atoms with Crippen LogP contribution < -0.4 is 10.1 Å². The van der Waals surface area contributed by atoms with E-state index in [0.29, 0.717) is 33.7 Å². The first-order valence-electron chi connectivity index (χ1n) is 10.5. The molecular formula is C28H20Cl2N2O2. The number of nitrogens with zero attached hydrogens (tertiary/aromatic N) is 1. The van der Waals surface area contributed by atoms with Gasteiger partial charge in [0.25, 0.3) is 5.91 Å². The normalized spacial score (nSPS) is 11.2. The Labute approximate surface area is 208 Å². The van der Waals surface area contributed by atoms with Crippen LogP contribution in [-0.2, 0) is 11.4 Å². The lowest BCUT2D eigenvalue weighted by Gasteiger charge is -2.12. The van der Waals surface area contributed by atoms with E-state index in [0.717, 1.165) is 21.9 Å². The number of nitrogens with one attached hydrogen (secondary N) is 1. The molecule has 0 bridgehead atoms. The average Bonchev–Trinajstić information content (AvgIpc) is 2.84. The molecule has 0 unspecified atom stereocenters. The SMILES string of the molecule is Cc1c(Cl)cccc1NC(=O)/C(C#N)=C/c1cc(Cl)ccc1OCc1cccc2ccccc12. The number of hydrogen-bond acceptors (Lipinski definition) is 3. The molecule has 0 saturated carbocycles. The summed E-state index contributed by atoms with van der Waals surface area (Å²) in [6.45, 7) is 2.11. The molecule has 6 heteroatoms. The maximum absolute atomic E-state index is 12.8. The molecule has 0 heterocycles. The predicted octanol–water partition coefficient (Wildman–Crippen LogP) is 7.58. The number of hydrogen-bond donors (Lipinski definition) is 1. The lowest BCUT2D eigenvalue weighted by molar-refractivity contribution is -0.112. The monoisotopic (exact) mass is 486 g/mol. The lowest BCUT2D eigenvalue weighted by Crippen LogP contribution is -2.14. The molecule has 1 amide bonds. The maximum Gasteiger partial charge on any atom is 0.266 e. The highest BCUT2D eigenvalue weighted by molar-refractivity contribution is 6.32. The highest BCUT2D eigenvalue weighted by atomic mass is 35.5. The summed E-state index contributed by atoms with van der Waals surface area (Å²) in [5.41, 5.74) is 2.73. The zero-order valence-corrected chi connectivity index (χ0v) is 19.8. The van der Waals surface area contributed by atoms with Gasteiger partial charge in [-0.15, -0.1) is 0 Å². The van der Waals surface area contributed by atoms with Crippen molar-refractivity contribution in [2.45, 2.75) is 13.5 Å². The summed E-state index contributed by atoms with van der Waals surface area (Å²) >= 11 is 12.3. The van der Waals surface area contributed by atoms with Crippen LogP contribution in [0, 0.1) is 18.3 Å². The van der Waals surface area contributed by atoms with Crippen molar-refractivity contribution in [2.75, 3.05) is 5.32 Å². The van der Waals surface area contributed by atoms with Crippen LogP contribution >= 0.6 is 23.2 Å². The van der Waals surface area contributed by atoms with Crippen LogP contribution in [-0.4, -0.2) is 5.91 Å². The Bertz CT molecular complexity index is 1450. The third-order valence-electron chi connectivity index (χ3n) is 5.42. The van der Waals surface area contributed by atoms with E-state index >= 15 is 0 Å². The zero-order valence-electron chi connectivity index (χ0n) is 18.3. The number of ether oxygens (including phenoxy) is 1. The molecule has 0 aliphatic heterocycles. The molecule has 0 spiro atoms. The van der Waals surface area contributed by atoms with Crippen molar-refractivity contribution < 1.29 is 9.53 Å². The van der Waals surface area contributed by atoms with E-state index in [-0.39, 0.29) is 5.57 Å². The van der Waals surface area contributed by atoms with E-state index in [1.165, 1.54) is 6.08 Å². The van der Waals surface area contributed by atoms with Crippen LogP contribution in [0.15, 0.2) is 84.4 Å². The summed E-state index contributed by atoms with van der Waals surface area (Å²) in [4.78, 5) is 12.8. The molecule has 0 saturated heterocycles. The number of carbonyl (C=O) groups excluding carboxylic acids is 1. The molecule has 0 atom stereocenters. The van der Waals surface area contributed by atoms with E-state index in [2.05, 4.69) is 17.4 Å². The Kier molecular flexibility index (Phi) is 7.18. The first-order chi connectivity index (χ1) is 16.5. The van der Waals surface area contributed by atoms with E-state index in [9.17, 15) is 10.1 Å². The molecule has 0 radical (unpaired) electrons. The third kappa shape index (κ3) is 5.23. The lowest BCUT2D eigenvalue weighted by atomic mass is 10.1. The Balaban J connectivity index is 1.61. The molecule has 0 aromatic heterocycles. The zero-order chi connectivity index (χ0) is 24.1. The number of rotatable bonds is 6. The summed E-state index contributed by atoms with van der Waals surface area (Å²) in [5, 5.41) is 15.6. The van der Waals surface area contributed by atoms with Crippen molar-refractivity contribution in [1.29, 1.82) is 5.26 Å². The van der Waals surface area contributed by atoms with Gasteiger partial charge >= 0.3 is 0 Å². The van der Waals surface area contributed by atoms with Crippen LogP contribution in [0.3, 0.4) is 0 Å². The van der Waals surface area contributed by atoms with Crippen LogP contribution in [0.5, 0.6) is 5.75 Å². The van der Waals surface area contributed by atoms with Gasteiger partial charge in [0, 0.05) is 21.3 Å². The first-order valence-corrected chi connectivity index (χ1v) is 11.3. The van der Waals surface area contributed by atoms with Crippen LogP contribution in [0.2, 0.25) is 10.0 Å². The number of fused-ring (bicyclic) bond motifs is 1. The molecule has 0 aliphatic carbocycles. The topological polar surface area (TPSA) is 62.1 Å². The fraction of sp³-hybridized carbons (Fsp3) is 0.0714. The number of amides is 1. The molecular weight excluding hydrogens is 467 g/mol. The second-order valence-corrected chi connectivity index (χ2v) is 8.49. The van der Waals surface area contributed by atoms with E-state index < -0.39 is 5.91 Å². The van der Waals surface area contributed by atoms with Gasteiger partial charge in [-0.1, -0.05) is 71.7 Å². The molecule has 1 N–H and O–H groups in total. The van der Waals surface area contributed by atoms with Gasteiger partial charge in [0.2, 0.25) is 0 Å². The molecule has 4 nitrogen and oxygen atoms in total. The molecule has 0 fully saturated rings. The molecule has 34 heavy (non-hydrogen) atoms. The van der Waals surface area contributed by atoms with Crippen molar-refractivity contribution in [3.05, 3.63) is 111 Å². The number of halogens is 2. The quantitative estimate of drug-likeness (QED) is 0.225. The number of carbonyl (C=O) groups is 1. The molecule has 4 aromatic carbocycles. The molecule has 168 valence electrons. The minimum absolute atomic E-state index is 0.0864. The summed E-state index contributed by atoms with van der Waals surface area (Å²) in [7, 11) is 0. The maximum atomic E-state index is 12.8. The van der Waals surface area contributed by atoms with Gasteiger partial charge in [-0.2, -0.15) is 5.26 Å². The molecule has 0 aliphatic rings. The van der Waals surface area contributed by atoms with Gasteiger partial charge < -0.3 is 10.1 Å². The van der Waals surface area contributed by atoms with Crippen LogP contribution in [0.1, 0.15) is 16.7 Å². The van der Waals surface area contributed by atoms with Crippen LogP contribution in [0.4, 0.5) is 5.69 Å². The van der Waals surface area contributed by atoms with Crippen molar-refractivity contribution in [3.8, 4) is 11.8 Å². The Hall–Kier alpha value is -3.78. The van der Waals surface area contributed by atoms with Gasteiger partial charge in [-0.25, -0.2) is 0 Å². The second-order valence-electron chi connectivity index (χ2n) is 7.65. The van der Waals surface area contributed by atoms with Gasteiger partial charge in [0.1, 0.15) is 24.0 Å². The average molecular weight is 487 g/mol. The molecule has 4 rings (SSSR count). The largest absolute Gasteiger partial charge is 0.488 e. The van der Waals surface area contributed by atoms with Crippen molar-refractivity contribution in [2.24, 2.45) is 0 Å². The van der Waals surface area contributed by atoms with E-state index in [1.54, 1.807) is 43.3 Å². The van der Waals surface area contributed by atoms with Gasteiger partial charge in [-0.05, 0) is 65.2 Å². The Morgan fingerprint density at radius 1 is 1.03 bits per heavy atom. The summed E-state index contributed by atoms with van der Waals surface area (Å²) < 4.78 is 6.10. The minimum Gasteiger partial charge on any atom is -0.488 e. The predicted molar refractivity (Wildman–Crippen MR) is 138 cm³/mol. The fourth-order valence-electron chi connectivity index (χ4n) is 3.57. The Morgan fingerprint density at radius 2 is 1.79 bits per heavy atom. The second kappa shape index (κ2) is 10.4. The molecule has 4 aromatic rings. The summed E-state index contributed by atoms with van der Waals surface area (Å²) in [6.07, 6.45) is 1.47. The standard InChI is InChI=1S/C28H20Cl2N2O2/c1-18-25(30)10-5-11-26(18)32-28(33)22(16-31)14-21-15-23(29)12-13-27(21)34-17-20-8-4-7-19-6-2-3-9-24(19)20/h2-15H,17H2,1H3,(H,32,33)/b22-14+. The van der Waals surface area contributed by atoms with Crippen molar-refractivity contribution >= 4 is 51.6 Å². The Morgan fingerprint density at radius 3 is 2.62 bits per heavy atom. The van der Waals surface area contributed by atoms with Crippen LogP contribution in [0.25, 0.3) is 16.8 Å². The highest BCUT2D eigenvalue weighted by Crippen LogP contribution is 2.28. The fourth-order valence-corrected chi connectivity index (χ4v) is 3.93. The van der Waals surface area contributed by atoms with Gasteiger partial charge in [0.15, 0.2) is 0 Å². The number of benzene rings is 4. The van der Waals surface area contributed by atoms with Gasteiger partial charge in [-0.3, -0.25) is 4.79 Å². The van der Waals surface area contributed by atoms with Crippen molar-refractivity contribution in [3.63, 3.8) is 0 Å². The van der Waals surface area contributed by atoms with E-state index in [4.69, 9.17) is 27.9 Å². The number of anilines is 1. The summed E-state index contributed by atoms with van der Waals surface area (Å²) in [5.74, 6) is -0.0373. The first kappa shape index (κ1) is 23.4. The smallest absolute Gasteiger partial charge is 0.266 e.